The predicted octanol–water partition coefficient (Wildman–Crippen LogP) is 3.56. The van der Waals surface area contributed by atoms with Gasteiger partial charge in [-0.05, 0) is 0 Å². The molecular formula is C9H3F11O2. The number of aromatic hydroxyl groups is 1. The smallest absolute Gasteiger partial charge is 0.454 e. The molecule has 1 atom stereocenters. The maximum atomic E-state index is 12.2. The Morgan fingerprint density at radius 2 is 0.955 bits per heavy atom. The van der Waals surface area contributed by atoms with Crippen LogP contribution in [0.15, 0.2) is 0 Å². The second kappa shape index (κ2) is 6.54. The van der Waals surface area contributed by atoms with Crippen molar-refractivity contribution in [1.82, 2.24) is 0 Å². The number of alkyl halides is 6. The Kier molecular flexibility index (Phi) is 6.01. The summed E-state index contributed by atoms with van der Waals surface area (Å²) in [6, 6.07) is 0. The lowest BCUT2D eigenvalue weighted by molar-refractivity contribution is -0.352. The molecule has 0 bridgehead atoms. The van der Waals surface area contributed by atoms with E-state index in [1.807, 2.05) is 0 Å². The third kappa shape index (κ3) is 3.90. The summed E-state index contributed by atoms with van der Waals surface area (Å²) in [7, 11) is 0. The average Bonchev–Trinajstić information content (AvgIpc) is 2.40. The first-order chi connectivity index (χ1) is 9.66. The molecule has 0 aliphatic carbocycles. The number of phenols is 1. The highest BCUT2D eigenvalue weighted by molar-refractivity contribution is 5.27. The highest BCUT2D eigenvalue weighted by atomic mass is 19.4. The fraction of sp³-hybridized carbons (Fsp3) is 0.333. The van der Waals surface area contributed by atoms with E-state index < -0.39 is 53.3 Å². The van der Waals surface area contributed by atoms with Gasteiger partial charge in [0.15, 0.2) is 5.75 Å². The molecule has 2 N–H and O–H groups in total. The predicted molar refractivity (Wildman–Crippen MR) is 46.0 cm³/mol. The molecule has 128 valence electrons. The first kappa shape index (κ1) is 20.2. The fourth-order valence-electron chi connectivity index (χ4n) is 0.717. The molecule has 0 saturated heterocycles. The second-order valence-electron chi connectivity index (χ2n) is 3.39. The van der Waals surface area contributed by atoms with Crippen LogP contribution in [0.1, 0.15) is 0 Å². The van der Waals surface area contributed by atoms with Crippen LogP contribution in [0, 0.1) is 29.1 Å². The van der Waals surface area contributed by atoms with Gasteiger partial charge >= 0.3 is 18.5 Å². The summed E-state index contributed by atoms with van der Waals surface area (Å²) in [6.45, 7) is 0. The van der Waals surface area contributed by atoms with Gasteiger partial charge in [0.05, 0.1) is 0 Å². The molecule has 0 amide bonds. The van der Waals surface area contributed by atoms with Gasteiger partial charge in [-0.2, -0.15) is 26.3 Å². The van der Waals surface area contributed by atoms with Gasteiger partial charge in [-0.25, -0.2) is 22.0 Å². The highest BCUT2D eigenvalue weighted by Crippen LogP contribution is 2.36. The van der Waals surface area contributed by atoms with E-state index in [-0.39, 0.29) is 0 Å². The second-order valence-corrected chi connectivity index (χ2v) is 3.39. The maximum absolute atomic E-state index is 12.2. The van der Waals surface area contributed by atoms with E-state index in [0.29, 0.717) is 0 Å². The van der Waals surface area contributed by atoms with E-state index in [9.17, 15) is 48.3 Å². The van der Waals surface area contributed by atoms with Crippen molar-refractivity contribution in [3.05, 3.63) is 29.1 Å². The van der Waals surface area contributed by atoms with Crippen molar-refractivity contribution in [2.75, 3.05) is 0 Å². The van der Waals surface area contributed by atoms with Gasteiger partial charge in [-0.15, -0.1) is 0 Å². The highest BCUT2D eigenvalue weighted by Gasteiger charge is 2.62. The number of phenolic OH excluding ortho intramolecular Hbond substituents is 1. The zero-order chi connectivity index (χ0) is 18.0. The lowest BCUT2D eigenvalue weighted by Gasteiger charge is -2.20. The zero-order valence-electron chi connectivity index (χ0n) is 9.63. The van der Waals surface area contributed by atoms with Crippen molar-refractivity contribution < 1.29 is 58.5 Å². The Hall–Kier alpha value is -1.79. The Morgan fingerprint density at radius 3 is 1.14 bits per heavy atom. The number of hydrogen-bond acceptors (Lipinski definition) is 2. The Morgan fingerprint density at radius 1 is 0.682 bits per heavy atom. The number of hydrogen-bond donors (Lipinski definition) is 2. The molecule has 0 aliphatic heterocycles. The maximum Gasteiger partial charge on any atom is 0.454 e. The van der Waals surface area contributed by atoms with E-state index in [1.54, 1.807) is 0 Å². The number of aliphatic hydroxyl groups is 1. The average molecular weight is 352 g/mol. The molecule has 0 fully saturated rings. The minimum atomic E-state index is -5.94. The molecule has 0 aromatic heterocycles. The van der Waals surface area contributed by atoms with Crippen LogP contribution < -0.4 is 0 Å². The summed E-state index contributed by atoms with van der Waals surface area (Å²) >= 11 is 0. The van der Waals surface area contributed by atoms with Gasteiger partial charge in [0.25, 0.3) is 0 Å². The van der Waals surface area contributed by atoms with Crippen molar-refractivity contribution in [3.8, 4) is 5.75 Å². The van der Waals surface area contributed by atoms with Crippen molar-refractivity contribution >= 4 is 0 Å². The normalized spacial score (nSPS) is 14.4. The molecule has 2 nitrogen and oxygen atoms in total. The molecule has 1 unspecified atom stereocenters. The summed E-state index contributed by atoms with van der Waals surface area (Å²) in [5.74, 6) is -18.3. The first-order valence-corrected chi connectivity index (χ1v) is 4.62. The van der Waals surface area contributed by atoms with Crippen LogP contribution >= 0.6 is 0 Å². The third-order valence-electron chi connectivity index (χ3n) is 1.87. The van der Waals surface area contributed by atoms with Gasteiger partial charge in [0, 0.05) is 0 Å². The van der Waals surface area contributed by atoms with Gasteiger partial charge in [0.2, 0.25) is 29.1 Å². The van der Waals surface area contributed by atoms with E-state index >= 15 is 0 Å². The minimum Gasteiger partial charge on any atom is -0.503 e. The van der Waals surface area contributed by atoms with Crippen molar-refractivity contribution in [1.29, 1.82) is 0 Å². The van der Waals surface area contributed by atoms with Gasteiger partial charge in [0.1, 0.15) is 0 Å². The van der Waals surface area contributed by atoms with E-state index in [2.05, 4.69) is 0 Å². The molecule has 1 aromatic rings. The third-order valence-corrected chi connectivity index (χ3v) is 1.87. The molecule has 0 spiro atoms. The van der Waals surface area contributed by atoms with Crippen LogP contribution in [0.5, 0.6) is 5.75 Å². The van der Waals surface area contributed by atoms with Crippen molar-refractivity contribution in [3.63, 3.8) is 0 Å². The Labute approximate surface area is 113 Å². The summed E-state index contributed by atoms with van der Waals surface area (Å²) in [4.78, 5) is 0. The van der Waals surface area contributed by atoms with Crippen LogP contribution in [-0.2, 0) is 0 Å². The standard InChI is InChI=1S/C6HF5O.C3H2F6O/c7-1-2(8)4(10)6(12)5(11)3(1)9;4-1(5)2(6,10)3(7,8)9/h12H;1,10H. The van der Waals surface area contributed by atoms with Crippen molar-refractivity contribution in [2.24, 2.45) is 0 Å². The minimum absolute atomic E-state index is 1.87. The quantitative estimate of drug-likeness (QED) is 0.461. The lowest BCUT2D eigenvalue weighted by Crippen LogP contribution is -2.47. The summed E-state index contributed by atoms with van der Waals surface area (Å²) < 4.78 is 127. The van der Waals surface area contributed by atoms with Gasteiger partial charge < -0.3 is 10.2 Å². The van der Waals surface area contributed by atoms with Gasteiger partial charge in [-0.1, -0.05) is 0 Å². The van der Waals surface area contributed by atoms with Crippen LogP contribution in [0.25, 0.3) is 0 Å². The number of rotatable bonds is 1. The van der Waals surface area contributed by atoms with Crippen LogP contribution in [-0.4, -0.2) is 28.7 Å². The number of benzene rings is 1. The van der Waals surface area contributed by atoms with Crippen LogP contribution in [0.4, 0.5) is 48.3 Å². The molecule has 0 saturated carbocycles. The van der Waals surface area contributed by atoms with E-state index in [4.69, 9.17) is 10.2 Å². The van der Waals surface area contributed by atoms with Gasteiger partial charge in [-0.3, -0.25) is 0 Å². The monoisotopic (exact) mass is 352 g/mol. The first-order valence-electron chi connectivity index (χ1n) is 4.62. The van der Waals surface area contributed by atoms with Crippen LogP contribution in [0.2, 0.25) is 0 Å². The largest absolute Gasteiger partial charge is 0.503 e. The summed E-state index contributed by atoms with van der Waals surface area (Å²) in [5, 5.41) is 15.7. The molecule has 13 heteroatoms. The summed E-state index contributed by atoms with van der Waals surface area (Å²) in [6.07, 6.45) is -10.4. The Bertz CT molecular complexity index is 432. The molecular weight excluding hydrogens is 349 g/mol. The molecule has 0 radical (unpaired) electrons. The Balaban J connectivity index is 0.000000409. The molecule has 0 heterocycles. The molecule has 22 heavy (non-hydrogen) atoms. The van der Waals surface area contributed by atoms with Crippen molar-refractivity contribution in [2.45, 2.75) is 18.5 Å². The summed E-state index contributed by atoms with van der Waals surface area (Å²) in [5.41, 5.74) is 0. The molecule has 1 aromatic carbocycles. The van der Waals surface area contributed by atoms with E-state index in [0.717, 1.165) is 0 Å². The number of halogens is 11. The zero-order valence-corrected chi connectivity index (χ0v) is 9.63. The fourth-order valence-corrected chi connectivity index (χ4v) is 0.717. The van der Waals surface area contributed by atoms with E-state index in [1.165, 1.54) is 0 Å². The lowest BCUT2D eigenvalue weighted by atomic mass is 10.3. The SMILES string of the molecule is OC(F)(C(F)F)C(F)(F)F.Oc1c(F)c(F)c(F)c(F)c1F. The molecule has 0 aliphatic rings. The topological polar surface area (TPSA) is 40.5 Å². The molecule has 1 rings (SSSR count). The van der Waals surface area contributed by atoms with Crippen LogP contribution in [0.3, 0.4) is 0 Å².